The van der Waals surface area contributed by atoms with Gasteiger partial charge >= 0.3 is 0 Å². The number of carbonyl (C=O) groups is 1. The van der Waals surface area contributed by atoms with Gasteiger partial charge in [-0.2, -0.15) is 0 Å². The molecule has 0 saturated carbocycles. The summed E-state index contributed by atoms with van der Waals surface area (Å²) in [7, 11) is 0. The van der Waals surface area contributed by atoms with Crippen LogP contribution in [0.3, 0.4) is 0 Å². The van der Waals surface area contributed by atoms with Gasteiger partial charge in [-0.25, -0.2) is 0 Å². The van der Waals surface area contributed by atoms with Crippen LogP contribution in [0.15, 0.2) is 18.5 Å². The standard InChI is InChI=1S/C12H19N3O/c1-9(7-13)2-3-11(16)6-10-8-15-5-4-12(10)14/h4-5,8-9H,2-3,6-7,13H2,1H3,(H2,14,15). The Hall–Kier alpha value is -1.42. The summed E-state index contributed by atoms with van der Waals surface area (Å²) in [5.41, 5.74) is 12.7. The van der Waals surface area contributed by atoms with Crippen LogP contribution >= 0.6 is 0 Å². The summed E-state index contributed by atoms with van der Waals surface area (Å²) in [6, 6.07) is 1.71. The van der Waals surface area contributed by atoms with E-state index in [2.05, 4.69) is 4.98 Å². The van der Waals surface area contributed by atoms with Crippen LogP contribution in [0.2, 0.25) is 0 Å². The molecular weight excluding hydrogens is 202 g/mol. The van der Waals surface area contributed by atoms with Gasteiger partial charge in [-0.1, -0.05) is 6.92 Å². The molecule has 1 aromatic heterocycles. The Morgan fingerprint density at radius 3 is 2.94 bits per heavy atom. The largest absolute Gasteiger partial charge is 0.398 e. The molecule has 16 heavy (non-hydrogen) atoms. The van der Waals surface area contributed by atoms with Crippen molar-refractivity contribution < 1.29 is 4.79 Å². The van der Waals surface area contributed by atoms with Crippen LogP contribution in [-0.4, -0.2) is 17.3 Å². The SMILES string of the molecule is CC(CN)CCC(=O)Cc1cnccc1N. The molecule has 0 aliphatic heterocycles. The van der Waals surface area contributed by atoms with Gasteiger partial charge in [-0.05, 0) is 24.9 Å². The lowest BCUT2D eigenvalue weighted by Gasteiger charge is -2.07. The molecule has 1 rings (SSSR count). The molecule has 0 spiro atoms. The second-order valence-corrected chi connectivity index (χ2v) is 4.17. The average Bonchev–Trinajstić information content (AvgIpc) is 2.29. The molecule has 0 bridgehead atoms. The van der Waals surface area contributed by atoms with Gasteiger partial charge in [0.25, 0.3) is 0 Å². The van der Waals surface area contributed by atoms with Crippen LogP contribution < -0.4 is 11.5 Å². The van der Waals surface area contributed by atoms with Crippen molar-refractivity contribution in [3.8, 4) is 0 Å². The predicted octanol–water partition coefficient (Wildman–Crippen LogP) is 1.15. The third-order valence-corrected chi connectivity index (χ3v) is 2.65. The topological polar surface area (TPSA) is 82.0 Å². The van der Waals surface area contributed by atoms with Crippen molar-refractivity contribution in [3.63, 3.8) is 0 Å². The van der Waals surface area contributed by atoms with Gasteiger partial charge in [-0.3, -0.25) is 9.78 Å². The Morgan fingerprint density at radius 2 is 2.31 bits per heavy atom. The number of nitrogen functional groups attached to an aromatic ring is 1. The Balaban J connectivity index is 2.43. The second-order valence-electron chi connectivity index (χ2n) is 4.17. The number of ketones is 1. The summed E-state index contributed by atoms with van der Waals surface area (Å²) in [6.45, 7) is 2.67. The lowest BCUT2D eigenvalue weighted by atomic mass is 10.0. The number of nitrogens with two attached hydrogens (primary N) is 2. The maximum Gasteiger partial charge on any atom is 0.137 e. The van der Waals surface area contributed by atoms with Crippen LogP contribution in [0.5, 0.6) is 0 Å². The van der Waals surface area contributed by atoms with Gasteiger partial charge < -0.3 is 11.5 Å². The number of pyridine rings is 1. The normalized spacial score (nSPS) is 12.4. The van der Waals surface area contributed by atoms with E-state index in [0.717, 1.165) is 12.0 Å². The number of hydrogen-bond acceptors (Lipinski definition) is 4. The van der Waals surface area contributed by atoms with E-state index in [1.807, 2.05) is 6.92 Å². The molecule has 4 nitrogen and oxygen atoms in total. The predicted molar refractivity (Wildman–Crippen MR) is 64.8 cm³/mol. The van der Waals surface area contributed by atoms with Crippen molar-refractivity contribution in [1.82, 2.24) is 4.98 Å². The van der Waals surface area contributed by atoms with Gasteiger partial charge in [0.05, 0.1) is 0 Å². The number of rotatable bonds is 6. The van der Waals surface area contributed by atoms with E-state index in [-0.39, 0.29) is 5.78 Å². The van der Waals surface area contributed by atoms with Gasteiger partial charge in [0.2, 0.25) is 0 Å². The zero-order chi connectivity index (χ0) is 12.0. The van der Waals surface area contributed by atoms with E-state index < -0.39 is 0 Å². The van der Waals surface area contributed by atoms with Crippen molar-refractivity contribution >= 4 is 11.5 Å². The third kappa shape index (κ3) is 3.98. The Labute approximate surface area is 96.0 Å². The molecule has 0 aromatic carbocycles. The van der Waals surface area contributed by atoms with Crippen LogP contribution in [0.25, 0.3) is 0 Å². The number of Topliss-reactive ketones (excluding diaryl/α,β-unsaturated/α-hetero) is 1. The van der Waals surface area contributed by atoms with Crippen LogP contribution in [0.4, 0.5) is 5.69 Å². The molecule has 1 unspecified atom stereocenters. The molecule has 0 fully saturated rings. The average molecular weight is 221 g/mol. The highest BCUT2D eigenvalue weighted by molar-refractivity contribution is 5.82. The Morgan fingerprint density at radius 1 is 1.56 bits per heavy atom. The number of nitrogens with zero attached hydrogens (tertiary/aromatic N) is 1. The van der Waals surface area contributed by atoms with Gasteiger partial charge in [0.1, 0.15) is 5.78 Å². The van der Waals surface area contributed by atoms with Crippen molar-refractivity contribution in [1.29, 1.82) is 0 Å². The van der Waals surface area contributed by atoms with Crippen LogP contribution in [-0.2, 0) is 11.2 Å². The molecule has 0 aliphatic carbocycles. The van der Waals surface area contributed by atoms with E-state index in [1.165, 1.54) is 0 Å². The summed E-state index contributed by atoms with van der Waals surface area (Å²) in [5, 5.41) is 0. The van der Waals surface area contributed by atoms with Crippen molar-refractivity contribution in [2.75, 3.05) is 12.3 Å². The summed E-state index contributed by atoms with van der Waals surface area (Å²) in [6.07, 6.45) is 5.05. The van der Waals surface area contributed by atoms with Crippen molar-refractivity contribution in [2.45, 2.75) is 26.2 Å². The number of anilines is 1. The van der Waals surface area contributed by atoms with E-state index >= 15 is 0 Å². The van der Waals surface area contributed by atoms with Crippen LogP contribution in [0.1, 0.15) is 25.3 Å². The molecule has 88 valence electrons. The molecule has 1 heterocycles. The first kappa shape index (κ1) is 12.6. The first-order valence-corrected chi connectivity index (χ1v) is 5.53. The molecule has 0 saturated heterocycles. The van der Waals surface area contributed by atoms with Crippen molar-refractivity contribution in [2.24, 2.45) is 11.7 Å². The van der Waals surface area contributed by atoms with E-state index in [0.29, 0.717) is 31.0 Å². The minimum Gasteiger partial charge on any atom is -0.398 e. The second kappa shape index (κ2) is 6.23. The Bertz CT molecular complexity index is 352. The fourth-order valence-electron chi connectivity index (χ4n) is 1.41. The van der Waals surface area contributed by atoms with E-state index in [1.54, 1.807) is 18.5 Å². The fraction of sp³-hybridized carbons (Fsp3) is 0.500. The summed E-state index contributed by atoms with van der Waals surface area (Å²) < 4.78 is 0. The molecule has 0 amide bonds. The quantitative estimate of drug-likeness (QED) is 0.755. The first-order chi connectivity index (χ1) is 7.63. The third-order valence-electron chi connectivity index (χ3n) is 2.65. The number of hydrogen-bond donors (Lipinski definition) is 2. The molecule has 0 radical (unpaired) electrons. The zero-order valence-electron chi connectivity index (χ0n) is 9.65. The van der Waals surface area contributed by atoms with Gasteiger partial charge in [0, 0.05) is 36.5 Å². The molecule has 4 heteroatoms. The molecule has 1 aromatic rings. The molecular formula is C12H19N3O. The van der Waals surface area contributed by atoms with E-state index in [9.17, 15) is 4.79 Å². The maximum absolute atomic E-state index is 11.7. The van der Waals surface area contributed by atoms with Crippen molar-refractivity contribution in [3.05, 3.63) is 24.0 Å². The fourth-order valence-corrected chi connectivity index (χ4v) is 1.41. The minimum atomic E-state index is 0.194. The number of carbonyl (C=O) groups excluding carboxylic acids is 1. The van der Waals surface area contributed by atoms with Gasteiger partial charge in [0.15, 0.2) is 0 Å². The summed E-state index contributed by atoms with van der Waals surface area (Å²) in [5.74, 6) is 0.593. The smallest absolute Gasteiger partial charge is 0.137 e. The zero-order valence-corrected chi connectivity index (χ0v) is 9.65. The number of aromatic nitrogens is 1. The monoisotopic (exact) mass is 221 g/mol. The van der Waals surface area contributed by atoms with Gasteiger partial charge in [-0.15, -0.1) is 0 Å². The van der Waals surface area contributed by atoms with E-state index in [4.69, 9.17) is 11.5 Å². The molecule has 0 aliphatic rings. The summed E-state index contributed by atoms with van der Waals surface area (Å²) >= 11 is 0. The summed E-state index contributed by atoms with van der Waals surface area (Å²) in [4.78, 5) is 15.6. The molecule has 1 atom stereocenters. The highest BCUT2D eigenvalue weighted by Crippen LogP contribution is 2.12. The lowest BCUT2D eigenvalue weighted by molar-refractivity contribution is -0.118. The Kier molecular flexibility index (Phi) is 4.92. The van der Waals surface area contributed by atoms with Crippen LogP contribution in [0, 0.1) is 5.92 Å². The highest BCUT2D eigenvalue weighted by atomic mass is 16.1. The minimum absolute atomic E-state index is 0.194. The maximum atomic E-state index is 11.7. The lowest BCUT2D eigenvalue weighted by Crippen LogP contribution is -2.13. The molecule has 4 N–H and O–H groups in total. The highest BCUT2D eigenvalue weighted by Gasteiger charge is 2.08. The first-order valence-electron chi connectivity index (χ1n) is 5.53.